The second-order valence-corrected chi connectivity index (χ2v) is 8.43. The van der Waals surface area contributed by atoms with Crippen LogP contribution in [0.15, 0.2) is 40.9 Å². The summed E-state index contributed by atoms with van der Waals surface area (Å²) in [6.45, 7) is 10.5. The van der Waals surface area contributed by atoms with Crippen molar-refractivity contribution in [1.29, 1.82) is 0 Å². The van der Waals surface area contributed by atoms with Crippen molar-refractivity contribution in [2.45, 2.75) is 53.6 Å². The number of nitrogens with one attached hydrogen (secondary N) is 1. The Morgan fingerprint density at radius 1 is 1.10 bits per heavy atom. The first-order valence-corrected chi connectivity index (χ1v) is 11.0. The first-order chi connectivity index (χ1) is 14.2. The topological polar surface area (TPSA) is 58.6 Å². The number of halogens is 1. The van der Waals surface area contributed by atoms with Crippen LogP contribution >= 0.6 is 15.9 Å². The van der Waals surface area contributed by atoms with E-state index < -0.39 is 6.04 Å². The summed E-state index contributed by atoms with van der Waals surface area (Å²) >= 11 is 3.54. The summed E-state index contributed by atoms with van der Waals surface area (Å²) in [7, 11) is 0. The van der Waals surface area contributed by atoms with Crippen LogP contribution in [0.4, 0.5) is 0 Å². The molecule has 0 aliphatic carbocycles. The third-order valence-electron chi connectivity index (χ3n) is 4.96. The number of hydrogen-bond donors (Lipinski definition) is 1. The second kappa shape index (κ2) is 11.2. The van der Waals surface area contributed by atoms with Crippen LogP contribution in [-0.2, 0) is 16.1 Å². The fraction of sp³-hybridized carbons (Fsp3) is 0.417. The van der Waals surface area contributed by atoms with Gasteiger partial charge in [0.05, 0.1) is 0 Å². The Bertz CT molecular complexity index is 858. The van der Waals surface area contributed by atoms with Gasteiger partial charge in [0.15, 0.2) is 6.61 Å². The standard InChI is InChI=1S/C24H31BrN2O3/c1-6-11-26-24(29)19(5)27(14-20-9-7-16(2)8-10-20)22(28)15-30-21-12-17(3)23(25)18(4)13-21/h7-10,12-13,19H,6,11,14-15H2,1-5H3,(H,26,29). The molecule has 0 radical (unpaired) electrons. The van der Waals surface area contributed by atoms with Crippen molar-refractivity contribution >= 4 is 27.7 Å². The van der Waals surface area contributed by atoms with E-state index in [9.17, 15) is 9.59 Å². The molecule has 0 aromatic heterocycles. The first kappa shape index (κ1) is 23.9. The normalized spacial score (nSPS) is 11.7. The fourth-order valence-electron chi connectivity index (χ4n) is 3.09. The van der Waals surface area contributed by atoms with E-state index in [0.29, 0.717) is 18.8 Å². The lowest BCUT2D eigenvalue weighted by Gasteiger charge is -2.29. The maximum Gasteiger partial charge on any atom is 0.261 e. The molecule has 2 aromatic carbocycles. The predicted octanol–water partition coefficient (Wildman–Crippen LogP) is 4.70. The third kappa shape index (κ3) is 6.59. The smallest absolute Gasteiger partial charge is 0.261 e. The highest BCUT2D eigenvalue weighted by atomic mass is 79.9. The van der Waals surface area contributed by atoms with Crippen LogP contribution in [0.1, 0.15) is 42.5 Å². The number of carbonyl (C=O) groups is 2. The molecule has 0 aliphatic heterocycles. The SMILES string of the molecule is CCCNC(=O)C(C)N(Cc1ccc(C)cc1)C(=O)COc1cc(C)c(Br)c(C)c1. The van der Waals surface area contributed by atoms with Gasteiger partial charge >= 0.3 is 0 Å². The van der Waals surface area contributed by atoms with Crippen LogP contribution in [0, 0.1) is 20.8 Å². The molecule has 5 nitrogen and oxygen atoms in total. The van der Waals surface area contributed by atoms with Crippen LogP contribution in [0.25, 0.3) is 0 Å². The largest absolute Gasteiger partial charge is 0.484 e. The minimum Gasteiger partial charge on any atom is -0.484 e. The van der Waals surface area contributed by atoms with Crippen LogP contribution in [-0.4, -0.2) is 35.9 Å². The lowest BCUT2D eigenvalue weighted by atomic mass is 10.1. The Labute approximate surface area is 187 Å². The Morgan fingerprint density at radius 3 is 2.27 bits per heavy atom. The molecule has 1 N–H and O–H groups in total. The number of ether oxygens (including phenoxy) is 1. The number of carbonyl (C=O) groups excluding carboxylic acids is 2. The van der Waals surface area contributed by atoms with Crippen molar-refractivity contribution in [2.24, 2.45) is 0 Å². The summed E-state index contributed by atoms with van der Waals surface area (Å²) in [5.41, 5.74) is 4.21. The van der Waals surface area contributed by atoms with Gasteiger partial charge < -0.3 is 15.0 Å². The van der Waals surface area contributed by atoms with E-state index in [1.54, 1.807) is 11.8 Å². The average Bonchev–Trinajstić information content (AvgIpc) is 2.73. The van der Waals surface area contributed by atoms with Gasteiger partial charge in [0.25, 0.3) is 5.91 Å². The van der Waals surface area contributed by atoms with Gasteiger partial charge in [-0.3, -0.25) is 9.59 Å². The molecule has 2 aromatic rings. The third-order valence-corrected chi connectivity index (χ3v) is 6.21. The van der Waals surface area contributed by atoms with Crippen molar-refractivity contribution in [3.63, 3.8) is 0 Å². The summed E-state index contributed by atoms with van der Waals surface area (Å²) in [6, 6.07) is 11.2. The Morgan fingerprint density at radius 2 is 1.70 bits per heavy atom. The molecule has 0 saturated carbocycles. The van der Waals surface area contributed by atoms with Crippen molar-refractivity contribution in [3.8, 4) is 5.75 Å². The predicted molar refractivity (Wildman–Crippen MR) is 124 cm³/mol. The van der Waals surface area contributed by atoms with Crippen LogP contribution in [0.3, 0.4) is 0 Å². The number of benzene rings is 2. The number of amides is 2. The Kier molecular flexibility index (Phi) is 8.90. The zero-order valence-corrected chi connectivity index (χ0v) is 20.0. The van der Waals surface area contributed by atoms with E-state index in [1.807, 2.05) is 64.1 Å². The highest BCUT2D eigenvalue weighted by Gasteiger charge is 2.26. The van der Waals surface area contributed by atoms with E-state index in [1.165, 1.54) is 0 Å². The van der Waals surface area contributed by atoms with Gasteiger partial charge in [-0.1, -0.05) is 52.7 Å². The lowest BCUT2D eigenvalue weighted by molar-refractivity contribution is -0.142. The van der Waals surface area contributed by atoms with E-state index in [-0.39, 0.29) is 18.4 Å². The number of hydrogen-bond acceptors (Lipinski definition) is 3. The average molecular weight is 475 g/mol. The summed E-state index contributed by atoms with van der Waals surface area (Å²) in [5, 5.41) is 2.88. The minimum atomic E-state index is -0.595. The highest BCUT2D eigenvalue weighted by Crippen LogP contribution is 2.26. The zero-order valence-electron chi connectivity index (χ0n) is 18.4. The van der Waals surface area contributed by atoms with Gasteiger partial charge in [0, 0.05) is 17.6 Å². The molecule has 1 unspecified atom stereocenters. The Balaban J connectivity index is 2.16. The van der Waals surface area contributed by atoms with Crippen LogP contribution < -0.4 is 10.1 Å². The Hall–Kier alpha value is -2.34. The number of rotatable bonds is 9. The molecule has 0 bridgehead atoms. The van der Waals surface area contributed by atoms with E-state index >= 15 is 0 Å². The van der Waals surface area contributed by atoms with E-state index in [4.69, 9.17) is 4.74 Å². The van der Waals surface area contributed by atoms with Crippen molar-refractivity contribution in [2.75, 3.05) is 13.2 Å². The van der Waals surface area contributed by atoms with Crippen molar-refractivity contribution < 1.29 is 14.3 Å². The summed E-state index contributed by atoms with van der Waals surface area (Å²) < 4.78 is 6.82. The summed E-state index contributed by atoms with van der Waals surface area (Å²) in [6.07, 6.45) is 0.843. The molecule has 0 heterocycles. The van der Waals surface area contributed by atoms with Crippen LogP contribution in [0.2, 0.25) is 0 Å². The van der Waals surface area contributed by atoms with Gasteiger partial charge in [0.2, 0.25) is 5.91 Å². The molecule has 162 valence electrons. The van der Waals surface area contributed by atoms with Gasteiger partial charge in [-0.05, 0) is 62.9 Å². The molecule has 30 heavy (non-hydrogen) atoms. The minimum absolute atomic E-state index is 0.127. The molecule has 0 spiro atoms. The van der Waals surface area contributed by atoms with Gasteiger partial charge in [-0.15, -0.1) is 0 Å². The molecule has 0 aliphatic rings. The molecule has 0 saturated heterocycles. The summed E-state index contributed by atoms with van der Waals surface area (Å²) in [5.74, 6) is 0.250. The van der Waals surface area contributed by atoms with Crippen molar-refractivity contribution in [3.05, 3.63) is 63.1 Å². The van der Waals surface area contributed by atoms with E-state index in [0.717, 1.165) is 33.1 Å². The second-order valence-electron chi connectivity index (χ2n) is 7.63. The van der Waals surface area contributed by atoms with E-state index in [2.05, 4.69) is 21.2 Å². The number of nitrogens with zero attached hydrogens (tertiary/aromatic N) is 1. The van der Waals surface area contributed by atoms with Crippen molar-refractivity contribution in [1.82, 2.24) is 10.2 Å². The molecule has 1 atom stereocenters. The monoisotopic (exact) mass is 474 g/mol. The molecular formula is C24H31BrN2O3. The maximum atomic E-state index is 13.1. The fourth-order valence-corrected chi connectivity index (χ4v) is 3.32. The zero-order chi connectivity index (χ0) is 22.3. The molecular weight excluding hydrogens is 444 g/mol. The van der Waals surface area contributed by atoms with Gasteiger partial charge in [0.1, 0.15) is 11.8 Å². The molecule has 2 rings (SSSR count). The first-order valence-electron chi connectivity index (χ1n) is 10.2. The number of aryl methyl sites for hydroxylation is 3. The molecule has 6 heteroatoms. The van der Waals surface area contributed by atoms with Gasteiger partial charge in [-0.25, -0.2) is 0 Å². The quantitative estimate of drug-likeness (QED) is 0.572. The maximum absolute atomic E-state index is 13.1. The van der Waals surface area contributed by atoms with Gasteiger partial charge in [-0.2, -0.15) is 0 Å². The summed E-state index contributed by atoms with van der Waals surface area (Å²) in [4.78, 5) is 27.2. The highest BCUT2D eigenvalue weighted by molar-refractivity contribution is 9.10. The lowest BCUT2D eigenvalue weighted by Crippen LogP contribution is -2.49. The molecule has 2 amide bonds. The molecule has 0 fully saturated rings. The van der Waals surface area contributed by atoms with Crippen LogP contribution in [0.5, 0.6) is 5.75 Å².